The highest BCUT2D eigenvalue weighted by molar-refractivity contribution is 7.91. The van der Waals surface area contributed by atoms with Gasteiger partial charge >= 0.3 is 0 Å². The van der Waals surface area contributed by atoms with Gasteiger partial charge in [0.15, 0.2) is 17.4 Å². The highest BCUT2D eigenvalue weighted by Gasteiger charge is 2.28. The van der Waals surface area contributed by atoms with E-state index in [9.17, 15) is 12.8 Å². The van der Waals surface area contributed by atoms with E-state index < -0.39 is 32.5 Å². The zero-order chi connectivity index (χ0) is 28.6. The summed E-state index contributed by atoms with van der Waals surface area (Å²) in [6, 6.07) is 7.52. The Bertz CT molecular complexity index is 1510. The van der Waals surface area contributed by atoms with Gasteiger partial charge in [-0.3, -0.25) is 0 Å². The van der Waals surface area contributed by atoms with Crippen LogP contribution in [-0.4, -0.2) is 62.2 Å². The number of anilines is 4. The van der Waals surface area contributed by atoms with Gasteiger partial charge in [0.25, 0.3) is 0 Å². The molecule has 0 radical (unpaired) electrons. The van der Waals surface area contributed by atoms with Gasteiger partial charge in [-0.1, -0.05) is 6.92 Å². The van der Waals surface area contributed by atoms with Gasteiger partial charge in [-0.15, -0.1) is 0 Å². The van der Waals surface area contributed by atoms with Crippen LogP contribution in [0.4, 0.5) is 36.2 Å². The molecule has 0 aliphatic carbocycles. The third-order valence-electron chi connectivity index (χ3n) is 7.64. The fourth-order valence-corrected chi connectivity index (χ4v) is 6.31. The molecule has 0 spiro atoms. The summed E-state index contributed by atoms with van der Waals surface area (Å²) in [6.07, 6.45) is 3.94. The lowest BCUT2D eigenvalue weighted by Gasteiger charge is -2.36. The second-order valence-electron chi connectivity index (χ2n) is 10.3. The molecular formula is C28H32F3N5O3S. The Morgan fingerprint density at radius 2 is 1.80 bits per heavy atom. The summed E-state index contributed by atoms with van der Waals surface area (Å²) in [5.41, 5.74) is 1.40. The van der Waals surface area contributed by atoms with Crippen molar-refractivity contribution in [1.82, 2.24) is 9.97 Å². The first kappa shape index (κ1) is 28.0. The first-order valence-corrected chi connectivity index (χ1v) is 15.3. The number of halogens is 3. The molecule has 2 aliphatic heterocycles. The number of hydrogen-bond donors (Lipinski definition) is 1. The molecule has 8 nitrogen and oxygen atoms in total. The Hall–Kier alpha value is -3.54. The molecule has 2 aromatic carbocycles. The molecule has 3 aromatic rings. The van der Waals surface area contributed by atoms with Crippen molar-refractivity contribution in [1.29, 1.82) is 0 Å². The van der Waals surface area contributed by atoms with Crippen LogP contribution in [0.25, 0.3) is 11.3 Å². The summed E-state index contributed by atoms with van der Waals surface area (Å²) in [4.78, 5) is 12.1. The smallest absolute Gasteiger partial charge is 0.227 e. The Balaban J connectivity index is 1.37. The van der Waals surface area contributed by atoms with E-state index in [0.717, 1.165) is 12.6 Å². The number of aromatic nitrogens is 2. The van der Waals surface area contributed by atoms with Crippen LogP contribution in [0, 0.1) is 17.5 Å². The van der Waals surface area contributed by atoms with Gasteiger partial charge in [0.1, 0.15) is 28.0 Å². The first-order valence-electron chi connectivity index (χ1n) is 13.3. The van der Waals surface area contributed by atoms with Gasteiger partial charge in [-0.25, -0.2) is 31.6 Å². The van der Waals surface area contributed by atoms with Gasteiger partial charge in [0, 0.05) is 36.6 Å². The fraction of sp³-hybridized carbons (Fsp3) is 0.429. The van der Waals surface area contributed by atoms with Crippen molar-refractivity contribution < 1.29 is 26.3 Å². The van der Waals surface area contributed by atoms with Crippen molar-refractivity contribution in [3.05, 3.63) is 54.0 Å². The third-order valence-corrected chi connectivity index (χ3v) is 9.33. The minimum Gasteiger partial charge on any atom is -0.486 e. The predicted octanol–water partition coefficient (Wildman–Crippen LogP) is 5.32. The molecule has 1 saturated heterocycles. The average molecular weight is 576 g/mol. The quantitative estimate of drug-likeness (QED) is 0.406. The zero-order valence-electron chi connectivity index (χ0n) is 22.6. The maximum absolute atomic E-state index is 15.1. The van der Waals surface area contributed by atoms with E-state index in [0.29, 0.717) is 56.1 Å². The number of sulfone groups is 1. The molecule has 0 bridgehead atoms. The van der Waals surface area contributed by atoms with Crippen LogP contribution in [-0.2, 0) is 9.84 Å². The van der Waals surface area contributed by atoms with Crippen LogP contribution in [0.2, 0.25) is 0 Å². The molecule has 1 fully saturated rings. The summed E-state index contributed by atoms with van der Waals surface area (Å²) < 4.78 is 74.2. The SMILES string of the molecule is CCC(C)N1CCOc2c(F)cc(-c3nc(Nc4ccc(N5CCC(S(C)(=O)=O)CC5)c(F)c4)ncc3F)cc21. The van der Waals surface area contributed by atoms with Crippen molar-refractivity contribution in [3.63, 3.8) is 0 Å². The molecule has 2 aliphatic rings. The zero-order valence-corrected chi connectivity index (χ0v) is 23.4. The van der Waals surface area contributed by atoms with Crippen LogP contribution in [0.1, 0.15) is 33.1 Å². The molecule has 1 unspecified atom stereocenters. The molecule has 0 amide bonds. The highest BCUT2D eigenvalue weighted by Crippen LogP contribution is 2.40. The van der Waals surface area contributed by atoms with Crippen LogP contribution in [0.3, 0.4) is 0 Å². The van der Waals surface area contributed by atoms with Crippen molar-refractivity contribution in [2.24, 2.45) is 0 Å². The lowest BCUT2D eigenvalue weighted by Crippen LogP contribution is -2.39. The number of ether oxygens (including phenoxy) is 1. The number of nitrogens with one attached hydrogen (secondary N) is 1. The third kappa shape index (κ3) is 5.67. The molecule has 0 saturated carbocycles. The highest BCUT2D eigenvalue weighted by atomic mass is 32.2. The van der Waals surface area contributed by atoms with Crippen molar-refractivity contribution in [3.8, 4) is 17.0 Å². The van der Waals surface area contributed by atoms with E-state index in [1.807, 2.05) is 23.6 Å². The molecule has 5 rings (SSSR count). The molecule has 1 atom stereocenters. The number of fused-ring (bicyclic) bond motifs is 1. The molecule has 1 aromatic heterocycles. The van der Waals surface area contributed by atoms with Crippen LogP contribution < -0.4 is 19.9 Å². The van der Waals surface area contributed by atoms with E-state index >= 15 is 8.78 Å². The number of nitrogens with zero attached hydrogens (tertiary/aromatic N) is 4. The Kier molecular flexibility index (Phi) is 7.80. The van der Waals surface area contributed by atoms with Gasteiger partial charge in [-0.05, 0) is 56.5 Å². The number of hydrogen-bond acceptors (Lipinski definition) is 8. The second-order valence-corrected chi connectivity index (χ2v) is 12.6. The molecule has 12 heteroatoms. The first-order chi connectivity index (χ1) is 19.0. The Labute approximate surface area is 232 Å². The number of rotatable bonds is 7. The largest absolute Gasteiger partial charge is 0.486 e. The normalized spacial score (nSPS) is 16.9. The molecule has 3 heterocycles. The average Bonchev–Trinajstić information content (AvgIpc) is 2.93. The predicted molar refractivity (Wildman–Crippen MR) is 150 cm³/mol. The second kappa shape index (κ2) is 11.1. The molecule has 214 valence electrons. The van der Waals surface area contributed by atoms with Crippen molar-refractivity contribution in [2.45, 2.75) is 44.4 Å². The maximum atomic E-state index is 15.1. The van der Waals surface area contributed by atoms with E-state index in [-0.39, 0.29) is 29.0 Å². The van der Waals surface area contributed by atoms with Gasteiger partial charge in [-0.2, -0.15) is 0 Å². The van der Waals surface area contributed by atoms with Crippen molar-refractivity contribution >= 4 is 32.8 Å². The maximum Gasteiger partial charge on any atom is 0.227 e. The topological polar surface area (TPSA) is 87.7 Å². The Morgan fingerprint density at radius 1 is 1.05 bits per heavy atom. The molecular weight excluding hydrogens is 543 g/mol. The summed E-state index contributed by atoms with van der Waals surface area (Å²) in [7, 11) is -3.13. The van der Waals surface area contributed by atoms with E-state index in [4.69, 9.17) is 4.74 Å². The van der Waals surface area contributed by atoms with Crippen LogP contribution >= 0.6 is 0 Å². The number of piperidine rings is 1. The fourth-order valence-electron chi connectivity index (χ4n) is 5.24. The Morgan fingerprint density at radius 3 is 2.48 bits per heavy atom. The monoisotopic (exact) mass is 575 g/mol. The van der Waals surface area contributed by atoms with Crippen LogP contribution in [0.15, 0.2) is 36.5 Å². The summed E-state index contributed by atoms with van der Waals surface area (Å²) in [6.45, 7) is 5.89. The molecule has 40 heavy (non-hydrogen) atoms. The van der Waals surface area contributed by atoms with E-state index in [2.05, 4.69) is 15.3 Å². The minimum absolute atomic E-state index is 0.0191. The summed E-state index contributed by atoms with van der Waals surface area (Å²) in [5.74, 6) is -1.67. The molecule has 1 N–H and O–H groups in total. The lowest BCUT2D eigenvalue weighted by molar-refractivity contribution is 0.285. The summed E-state index contributed by atoms with van der Waals surface area (Å²) >= 11 is 0. The summed E-state index contributed by atoms with van der Waals surface area (Å²) in [5, 5.41) is 2.49. The van der Waals surface area contributed by atoms with Gasteiger partial charge in [0.2, 0.25) is 5.95 Å². The standard InChI is InChI=1S/C28H32F3N5O3S/c1-4-17(2)36-11-12-39-27-22(30)13-18(14-25(27)36)26-23(31)16-32-28(34-26)33-19-5-6-24(21(29)15-19)35-9-7-20(8-10-35)40(3,37)38/h5-6,13-17,20H,4,7-12H2,1-3H3,(H,32,33,34). The minimum atomic E-state index is -3.13. The lowest BCUT2D eigenvalue weighted by atomic mass is 10.1. The number of benzene rings is 2. The van der Waals surface area contributed by atoms with Crippen LogP contribution in [0.5, 0.6) is 5.75 Å². The van der Waals surface area contributed by atoms with Gasteiger partial charge in [0.05, 0.1) is 29.4 Å². The van der Waals surface area contributed by atoms with Gasteiger partial charge < -0.3 is 19.9 Å². The van der Waals surface area contributed by atoms with Crippen molar-refractivity contribution in [2.75, 3.05) is 47.6 Å². The van der Waals surface area contributed by atoms with E-state index in [1.165, 1.54) is 18.4 Å². The van der Waals surface area contributed by atoms with E-state index in [1.54, 1.807) is 18.2 Å².